The van der Waals surface area contributed by atoms with Gasteiger partial charge in [-0.05, 0) is 18.8 Å². The predicted molar refractivity (Wildman–Crippen MR) is 74.7 cm³/mol. The van der Waals surface area contributed by atoms with Crippen molar-refractivity contribution >= 4 is 22.6 Å². The lowest BCUT2D eigenvalue weighted by molar-refractivity contribution is -0.0655. The summed E-state index contributed by atoms with van der Waals surface area (Å²) in [5.41, 5.74) is 0.237. The van der Waals surface area contributed by atoms with Gasteiger partial charge in [-0.1, -0.05) is 68.5 Å². The van der Waals surface area contributed by atoms with Crippen LogP contribution in [0.5, 0.6) is 0 Å². The molecule has 0 spiro atoms. The molecule has 0 aromatic rings. The zero-order valence-electron chi connectivity index (χ0n) is 10.2. The Morgan fingerprint density at radius 3 is 2.20 bits per heavy atom. The maximum absolute atomic E-state index is 6.26. The zero-order valence-corrected chi connectivity index (χ0v) is 12.4. The van der Waals surface area contributed by atoms with Gasteiger partial charge in [0.2, 0.25) is 0 Å². The fourth-order valence-electron chi connectivity index (χ4n) is 2.33. The van der Waals surface area contributed by atoms with Crippen LogP contribution in [0.4, 0.5) is 0 Å². The molecule has 1 nitrogen and oxygen atoms in total. The minimum Gasteiger partial charge on any atom is -0.374 e. The minimum atomic E-state index is 0.237. The summed E-state index contributed by atoms with van der Waals surface area (Å²) >= 11 is 2.51. The summed E-state index contributed by atoms with van der Waals surface area (Å²) in [6.45, 7) is 5.53. The second kappa shape index (κ2) is 7.10. The van der Waals surface area contributed by atoms with E-state index in [2.05, 4.69) is 36.4 Å². The van der Waals surface area contributed by atoms with Crippen molar-refractivity contribution in [3.8, 4) is 0 Å². The first kappa shape index (κ1) is 13.8. The molecule has 15 heavy (non-hydrogen) atoms. The van der Waals surface area contributed by atoms with Gasteiger partial charge in [0.05, 0.1) is 12.2 Å². The predicted octanol–water partition coefficient (Wildman–Crippen LogP) is 4.58. The van der Waals surface area contributed by atoms with Gasteiger partial charge in [-0.15, -0.1) is 0 Å². The van der Waals surface area contributed by atoms with Gasteiger partial charge in [-0.3, -0.25) is 0 Å². The van der Waals surface area contributed by atoms with E-state index < -0.39 is 0 Å². The quantitative estimate of drug-likeness (QED) is 0.513. The van der Waals surface area contributed by atoms with E-state index in [1.54, 1.807) is 0 Å². The molecule has 1 aliphatic rings. The first-order valence-electron chi connectivity index (χ1n) is 6.46. The number of ether oxygens (including phenoxy) is 1. The molecule has 90 valence electrons. The van der Waals surface area contributed by atoms with Crippen LogP contribution in [-0.2, 0) is 4.74 Å². The third-order valence-electron chi connectivity index (χ3n) is 3.79. The first-order chi connectivity index (χ1) is 7.26. The fourth-order valence-corrected chi connectivity index (χ4v) is 3.31. The second-order valence-corrected chi connectivity index (χ2v) is 5.63. The van der Waals surface area contributed by atoms with Crippen LogP contribution in [0.2, 0.25) is 0 Å². The highest BCUT2D eigenvalue weighted by Crippen LogP contribution is 2.34. The highest BCUT2D eigenvalue weighted by molar-refractivity contribution is 14.1. The van der Waals surface area contributed by atoms with Crippen LogP contribution in [0.3, 0.4) is 0 Å². The smallest absolute Gasteiger partial charge is 0.0771 e. The Kier molecular flexibility index (Phi) is 6.51. The molecular formula is C13H25IO. The summed E-state index contributed by atoms with van der Waals surface area (Å²) in [5, 5.41) is 0. The first-order valence-corrected chi connectivity index (χ1v) is 7.99. The fraction of sp³-hybridized carbons (Fsp3) is 1.00. The standard InChI is InChI=1S/C13H25IO/c1-3-12(4-2)10-15-13(11-14)8-6-5-7-9-13/h12H,3-11H2,1-2H3. The zero-order chi connectivity index (χ0) is 11.1. The van der Waals surface area contributed by atoms with Crippen LogP contribution in [0.25, 0.3) is 0 Å². The highest BCUT2D eigenvalue weighted by Gasteiger charge is 2.32. The number of rotatable bonds is 6. The van der Waals surface area contributed by atoms with Crippen molar-refractivity contribution in [2.75, 3.05) is 11.0 Å². The number of hydrogen-bond donors (Lipinski definition) is 0. The average Bonchev–Trinajstić information content (AvgIpc) is 2.31. The van der Waals surface area contributed by atoms with Gasteiger partial charge in [0, 0.05) is 4.43 Å². The van der Waals surface area contributed by atoms with Crippen LogP contribution in [0, 0.1) is 5.92 Å². The SMILES string of the molecule is CCC(CC)COC1(CI)CCCCC1. The molecule has 0 unspecified atom stereocenters. The highest BCUT2D eigenvalue weighted by atomic mass is 127. The summed E-state index contributed by atoms with van der Waals surface area (Å²) in [6.07, 6.45) is 9.23. The summed E-state index contributed by atoms with van der Waals surface area (Å²) in [4.78, 5) is 0. The number of hydrogen-bond acceptors (Lipinski definition) is 1. The molecule has 1 aliphatic carbocycles. The molecule has 0 aromatic carbocycles. The number of alkyl halides is 1. The van der Waals surface area contributed by atoms with Gasteiger partial charge in [0.1, 0.15) is 0 Å². The molecule has 0 atom stereocenters. The van der Waals surface area contributed by atoms with Crippen LogP contribution >= 0.6 is 22.6 Å². The molecule has 0 N–H and O–H groups in total. The van der Waals surface area contributed by atoms with E-state index in [1.165, 1.54) is 49.4 Å². The monoisotopic (exact) mass is 324 g/mol. The Balaban J connectivity index is 2.38. The van der Waals surface area contributed by atoms with Gasteiger partial charge >= 0.3 is 0 Å². The molecule has 1 fully saturated rings. The van der Waals surface area contributed by atoms with Crippen LogP contribution in [-0.4, -0.2) is 16.6 Å². The number of halogens is 1. The maximum Gasteiger partial charge on any atom is 0.0771 e. The summed E-state index contributed by atoms with van der Waals surface area (Å²) in [6, 6.07) is 0. The van der Waals surface area contributed by atoms with Gasteiger partial charge < -0.3 is 4.74 Å². The van der Waals surface area contributed by atoms with Crippen molar-refractivity contribution in [1.29, 1.82) is 0 Å². The lowest BCUT2D eigenvalue weighted by Crippen LogP contribution is -2.38. The van der Waals surface area contributed by atoms with Gasteiger partial charge in [0.15, 0.2) is 0 Å². The Bertz CT molecular complexity index is 160. The molecule has 0 heterocycles. The van der Waals surface area contributed by atoms with Crippen LogP contribution < -0.4 is 0 Å². The molecule has 0 bridgehead atoms. The van der Waals surface area contributed by atoms with Crippen molar-refractivity contribution < 1.29 is 4.74 Å². The molecule has 1 rings (SSSR count). The lowest BCUT2D eigenvalue weighted by Gasteiger charge is -2.37. The third kappa shape index (κ3) is 4.22. The largest absolute Gasteiger partial charge is 0.374 e. The van der Waals surface area contributed by atoms with Crippen molar-refractivity contribution in [2.45, 2.75) is 64.4 Å². The van der Waals surface area contributed by atoms with E-state index in [1.807, 2.05) is 0 Å². The molecule has 2 heteroatoms. The minimum absolute atomic E-state index is 0.237. The van der Waals surface area contributed by atoms with Crippen LogP contribution in [0.1, 0.15) is 58.8 Å². The lowest BCUT2D eigenvalue weighted by atomic mass is 9.86. The summed E-state index contributed by atoms with van der Waals surface area (Å²) < 4.78 is 7.43. The van der Waals surface area contributed by atoms with Crippen LogP contribution in [0.15, 0.2) is 0 Å². The molecular weight excluding hydrogens is 299 g/mol. The van der Waals surface area contributed by atoms with E-state index in [9.17, 15) is 0 Å². The maximum atomic E-state index is 6.26. The Hall–Kier alpha value is 0.690. The molecule has 1 saturated carbocycles. The topological polar surface area (TPSA) is 9.23 Å². The third-order valence-corrected chi connectivity index (χ3v) is 5.18. The van der Waals surface area contributed by atoms with Crippen molar-refractivity contribution in [1.82, 2.24) is 0 Å². The Morgan fingerprint density at radius 1 is 1.13 bits per heavy atom. The Morgan fingerprint density at radius 2 is 1.73 bits per heavy atom. The van der Waals surface area contributed by atoms with Crippen molar-refractivity contribution in [2.24, 2.45) is 5.92 Å². The molecule has 0 aromatic heterocycles. The molecule has 0 radical (unpaired) electrons. The van der Waals surface area contributed by atoms with E-state index >= 15 is 0 Å². The normalized spacial score (nSPS) is 20.8. The van der Waals surface area contributed by atoms with E-state index in [0.29, 0.717) is 0 Å². The van der Waals surface area contributed by atoms with Crippen molar-refractivity contribution in [3.63, 3.8) is 0 Å². The van der Waals surface area contributed by atoms with Crippen molar-refractivity contribution in [3.05, 3.63) is 0 Å². The molecule has 0 aliphatic heterocycles. The second-order valence-electron chi connectivity index (χ2n) is 4.87. The Labute approximate surface area is 108 Å². The van der Waals surface area contributed by atoms with Gasteiger partial charge in [0.25, 0.3) is 0 Å². The molecule has 0 amide bonds. The van der Waals surface area contributed by atoms with E-state index in [-0.39, 0.29) is 5.60 Å². The van der Waals surface area contributed by atoms with E-state index in [4.69, 9.17) is 4.74 Å². The van der Waals surface area contributed by atoms with E-state index in [0.717, 1.165) is 12.5 Å². The summed E-state index contributed by atoms with van der Waals surface area (Å²) in [7, 11) is 0. The van der Waals surface area contributed by atoms with Gasteiger partial charge in [-0.25, -0.2) is 0 Å². The molecule has 0 saturated heterocycles. The average molecular weight is 324 g/mol. The summed E-state index contributed by atoms with van der Waals surface area (Å²) in [5.74, 6) is 0.770. The van der Waals surface area contributed by atoms with Gasteiger partial charge in [-0.2, -0.15) is 0 Å².